The van der Waals surface area contributed by atoms with Crippen LogP contribution in [-0.4, -0.2) is 15.2 Å². The summed E-state index contributed by atoms with van der Waals surface area (Å²) >= 11 is 0. The molecule has 3 rings (SSSR count). The highest BCUT2D eigenvalue weighted by Gasteiger charge is 2.34. The van der Waals surface area contributed by atoms with Crippen molar-refractivity contribution in [3.8, 4) is 5.75 Å². The third kappa shape index (κ3) is 7.74. The molecule has 0 bridgehead atoms. The Balaban J connectivity index is 1.34. The largest absolute Gasteiger partial charge is 0.573 e. The van der Waals surface area contributed by atoms with E-state index in [2.05, 4.69) is 11.7 Å². The molecule has 182 valence electrons. The molecule has 0 N–H and O–H groups in total. The molecule has 1 aromatic carbocycles. The van der Waals surface area contributed by atoms with Gasteiger partial charge < -0.3 is 4.74 Å². The summed E-state index contributed by atoms with van der Waals surface area (Å²) < 4.78 is 67.8. The Labute approximate surface area is 190 Å². The van der Waals surface area contributed by atoms with Crippen LogP contribution >= 0.6 is 0 Å². The van der Waals surface area contributed by atoms with Crippen molar-refractivity contribution in [3.05, 3.63) is 29.3 Å². The zero-order valence-electron chi connectivity index (χ0n) is 19.2. The number of hydrogen-bond donors (Lipinski definition) is 0. The molecular weight excluding hydrogens is 439 g/mol. The molecule has 1 saturated heterocycles. The first kappa shape index (κ1) is 25.5. The summed E-state index contributed by atoms with van der Waals surface area (Å²) in [6.07, 6.45) is 7.86. The number of halogens is 5. The molecule has 1 aliphatic heterocycles. The number of unbranched alkanes of at least 4 members (excludes halogenated alkanes) is 1. The summed E-state index contributed by atoms with van der Waals surface area (Å²) in [5, 5.41) is 0. The lowest BCUT2D eigenvalue weighted by molar-refractivity contribution is -0.276. The van der Waals surface area contributed by atoms with Gasteiger partial charge in [0.05, 0.1) is 0 Å². The van der Waals surface area contributed by atoms with Crippen LogP contribution in [0.25, 0.3) is 0 Å². The van der Waals surface area contributed by atoms with Gasteiger partial charge in [0.2, 0.25) is 5.75 Å². The zero-order chi connectivity index (χ0) is 23.1. The molecule has 0 radical (unpaired) electrons. The second kappa shape index (κ2) is 11.8. The van der Waals surface area contributed by atoms with E-state index < -0.39 is 32.5 Å². The number of rotatable bonds is 9. The molecule has 0 atom stereocenters. The van der Waals surface area contributed by atoms with E-state index in [1.165, 1.54) is 51.0 Å². The van der Waals surface area contributed by atoms with E-state index in [1.54, 1.807) is 12.1 Å². The van der Waals surface area contributed by atoms with Crippen LogP contribution in [0, 0.1) is 29.4 Å². The van der Waals surface area contributed by atoms with Crippen molar-refractivity contribution in [2.24, 2.45) is 17.8 Å². The number of alkyl halides is 3. The summed E-state index contributed by atoms with van der Waals surface area (Å²) in [7, 11) is -0.400. The number of hydrogen-bond acceptors (Lipinski definition) is 1. The van der Waals surface area contributed by atoms with Crippen LogP contribution in [0.15, 0.2) is 12.1 Å². The first-order valence-electron chi connectivity index (χ1n) is 12.5. The first-order chi connectivity index (χ1) is 15.2. The lowest BCUT2D eigenvalue weighted by Crippen LogP contribution is -2.28. The van der Waals surface area contributed by atoms with Gasteiger partial charge in [-0.15, -0.1) is 13.2 Å². The highest BCUT2D eigenvalue weighted by molar-refractivity contribution is 6.58. The molecule has 2 aliphatic rings. The van der Waals surface area contributed by atoms with Crippen LogP contribution in [-0.2, 0) is 6.42 Å². The molecule has 0 aromatic heterocycles. The molecule has 1 aliphatic carbocycles. The van der Waals surface area contributed by atoms with E-state index in [0.29, 0.717) is 12.0 Å². The van der Waals surface area contributed by atoms with Gasteiger partial charge in [-0.2, -0.15) is 0 Å². The number of ether oxygens (including phenoxy) is 1. The maximum atomic E-state index is 13.8. The average Bonchev–Trinajstić information content (AvgIpc) is 2.74. The Morgan fingerprint density at radius 3 is 2.06 bits per heavy atom. The van der Waals surface area contributed by atoms with Gasteiger partial charge in [0, 0.05) is 8.80 Å². The Kier molecular flexibility index (Phi) is 9.44. The zero-order valence-corrected chi connectivity index (χ0v) is 20.3. The van der Waals surface area contributed by atoms with Gasteiger partial charge >= 0.3 is 6.36 Å². The first-order valence-corrected chi connectivity index (χ1v) is 14.9. The van der Waals surface area contributed by atoms with Crippen molar-refractivity contribution in [1.29, 1.82) is 0 Å². The molecule has 0 unspecified atom stereocenters. The van der Waals surface area contributed by atoms with Crippen LogP contribution in [0.1, 0.15) is 76.7 Å². The van der Waals surface area contributed by atoms with E-state index in [1.807, 2.05) is 0 Å². The summed E-state index contributed by atoms with van der Waals surface area (Å²) in [4.78, 5) is 0. The minimum absolute atomic E-state index is 0.375. The van der Waals surface area contributed by atoms with Crippen molar-refractivity contribution < 1.29 is 26.7 Å². The Morgan fingerprint density at radius 1 is 0.906 bits per heavy atom. The lowest BCUT2D eigenvalue weighted by Gasteiger charge is -2.37. The van der Waals surface area contributed by atoms with Crippen molar-refractivity contribution in [1.82, 2.24) is 0 Å². The van der Waals surface area contributed by atoms with E-state index in [9.17, 15) is 22.0 Å². The van der Waals surface area contributed by atoms with Crippen LogP contribution in [0.3, 0.4) is 0 Å². The molecular formula is C25H37F5OSi. The number of aryl methyl sites for hydroxylation is 1. The summed E-state index contributed by atoms with van der Waals surface area (Å²) in [5.74, 6) is -1.35. The second-order valence-corrected chi connectivity index (χ2v) is 13.5. The molecule has 32 heavy (non-hydrogen) atoms. The van der Waals surface area contributed by atoms with Crippen LogP contribution in [0.4, 0.5) is 22.0 Å². The van der Waals surface area contributed by atoms with E-state index in [4.69, 9.17) is 0 Å². The fourth-order valence-electron chi connectivity index (χ4n) is 6.04. The smallest absolute Gasteiger partial charge is 0.399 e. The third-order valence-corrected chi connectivity index (χ3v) is 11.4. The molecule has 1 nitrogen and oxygen atoms in total. The normalized spacial score (nSPS) is 26.8. The lowest BCUT2D eigenvalue weighted by atomic mass is 9.73. The fourth-order valence-corrected chi connectivity index (χ4v) is 9.52. The van der Waals surface area contributed by atoms with Crippen LogP contribution in [0.5, 0.6) is 5.75 Å². The quantitative estimate of drug-likeness (QED) is 0.197. The summed E-state index contributed by atoms with van der Waals surface area (Å²) in [6, 6.07) is 6.55. The van der Waals surface area contributed by atoms with Gasteiger partial charge in [-0.1, -0.05) is 70.0 Å². The van der Waals surface area contributed by atoms with Gasteiger partial charge in [-0.05, 0) is 61.1 Å². The molecule has 1 saturated carbocycles. The standard InChI is InChI=1S/C25H37F5OSi/c1-2-13-32-14-11-21(12-15-32)20-9-7-18(8-10-20)5-3-4-6-19-16-22(26)24(23(27)17-19)31-25(28,29)30/h16-18,20-21,32H,2-15H2,1H3/t18-,20-,21-,32-. The number of benzene rings is 1. The summed E-state index contributed by atoms with van der Waals surface area (Å²) in [6.45, 7) is 2.32. The molecule has 1 aromatic rings. The maximum absolute atomic E-state index is 13.8. The highest BCUT2D eigenvalue weighted by atomic mass is 28.3. The van der Waals surface area contributed by atoms with Crippen molar-refractivity contribution in [3.63, 3.8) is 0 Å². The highest BCUT2D eigenvalue weighted by Crippen LogP contribution is 2.42. The van der Waals surface area contributed by atoms with Crippen molar-refractivity contribution >= 4 is 8.80 Å². The van der Waals surface area contributed by atoms with Gasteiger partial charge in [0.25, 0.3) is 0 Å². The topological polar surface area (TPSA) is 9.23 Å². The minimum Gasteiger partial charge on any atom is -0.399 e. The molecule has 1 heterocycles. The molecule has 0 amide bonds. The SMILES string of the molecule is CCC[Si@H]1CC[C@H]([C@H]2CC[C@H](CCCCc3cc(F)c(OC(F)(F)F)c(F)c3)CC2)CC1. The third-order valence-electron chi connectivity index (χ3n) is 7.75. The van der Waals surface area contributed by atoms with Crippen molar-refractivity contribution in [2.45, 2.75) is 102 Å². The molecule has 2 fully saturated rings. The van der Waals surface area contributed by atoms with E-state index >= 15 is 0 Å². The van der Waals surface area contributed by atoms with Gasteiger partial charge in [0.1, 0.15) is 0 Å². The van der Waals surface area contributed by atoms with Crippen molar-refractivity contribution in [2.75, 3.05) is 0 Å². The Morgan fingerprint density at radius 2 is 1.50 bits per heavy atom. The fraction of sp³-hybridized carbons (Fsp3) is 0.760. The van der Waals surface area contributed by atoms with Gasteiger partial charge in [-0.25, -0.2) is 8.78 Å². The average molecular weight is 477 g/mol. The van der Waals surface area contributed by atoms with E-state index in [0.717, 1.165) is 49.1 Å². The van der Waals surface area contributed by atoms with Crippen LogP contribution in [0.2, 0.25) is 18.1 Å². The summed E-state index contributed by atoms with van der Waals surface area (Å²) in [5.41, 5.74) is 0.375. The van der Waals surface area contributed by atoms with Gasteiger partial charge in [-0.3, -0.25) is 0 Å². The second-order valence-electron chi connectivity index (χ2n) is 10.0. The Hall–Kier alpha value is -1.11. The predicted molar refractivity (Wildman–Crippen MR) is 121 cm³/mol. The molecule has 7 heteroatoms. The predicted octanol–water partition coefficient (Wildman–Crippen LogP) is 8.43. The minimum atomic E-state index is -5.11. The van der Waals surface area contributed by atoms with Gasteiger partial charge in [0.15, 0.2) is 11.6 Å². The maximum Gasteiger partial charge on any atom is 0.573 e. The van der Waals surface area contributed by atoms with Crippen LogP contribution < -0.4 is 4.74 Å². The molecule has 0 spiro atoms. The Bertz CT molecular complexity index is 684. The monoisotopic (exact) mass is 476 g/mol. The van der Waals surface area contributed by atoms with E-state index in [-0.39, 0.29) is 0 Å².